The third-order valence-electron chi connectivity index (χ3n) is 5.03. The average Bonchev–Trinajstić information content (AvgIpc) is 3.21. The van der Waals surface area contributed by atoms with Gasteiger partial charge in [-0.25, -0.2) is 27.1 Å². The van der Waals surface area contributed by atoms with Crippen molar-refractivity contribution in [2.75, 3.05) is 38.6 Å². The van der Waals surface area contributed by atoms with E-state index >= 15 is 0 Å². The summed E-state index contributed by atoms with van der Waals surface area (Å²) < 4.78 is 39.6. The van der Waals surface area contributed by atoms with Gasteiger partial charge in [-0.1, -0.05) is 12.1 Å². The Morgan fingerprint density at radius 1 is 1.28 bits per heavy atom. The second-order valence-electron chi connectivity index (χ2n) is 7.51. The SMILES string of the molecule is CCNC(=NCc1ccc(S(=O)(=O)N(C)C)cc1)NC1CCN(c2ncccc2F)C1.I. The van der Waals surface area contributed by atoms with Crippen LogP contribution in [0.1, 0.15) is 18.9 Å². The second kappa shape index (κ2) is 11.8. The molecule has 1 fully saturated rings. The average molecular weight is 576 g/mol. The van der Waals surface area contributed by atoms with Crippen molar-refractivity contribution >= 4 is 45.8 Å². The fourth-order valence-electron chi connectivity index (χ4n) is 3.34. The molecule has 1 aromatic carbocycles. The van der Waals surface area contributed by atoms with E-state index in [1.807, 2.05) is 11.8 Å². The maximum Gasteiger partial charge on any atom is 0.242 e. The number of guanidine groups is 1. The highest BCUT2D eigenvalue weighted by Gasteiger charge is 2.26. The van der Waals surface area contributed by atoms with Crippen LogP contribution in [0.3, 0.4) is 0 Å². The monoisotopic (exact) mass is 576 g/mol. The molecular formula is C21H30FIN6O2S. The summed E-state index contributed by atoms with van der Waals surface area (Å²) in [6.45, 7) is 4.45. The minimum absolute atomic E-state index is 0. The van der Waals surface area contributed by atoms with Crippen molar-refractivity contribution in [2.24, 2.45) is 4.99 Å². The zero-order valence-corrected chi connectivity index (χ0v) is 21.6. The maximum atomic E-state index is 14.0. The van der Waals surface area contributed by atoms with Gasteiger partial charge in [0.1, 0.15) is 0 Å². The number of pyridine rings is 1. The van der Waals surface area contributed by atoms with Crippen LogP contribution in [-0.2, 0) is 16.6 Å². The van der Waals surface area contributed by atoms with Gasteiger partial charge in [0, 0.05) is 46.0 Å². The normalized spacial score (nSPS) is 16.7. The van der Waals surface area contributed by atoms with Gasteiger partial charge < -0.3 is 15.5 Å². The third kappa shape index (κ3) is 6.51. The molecule has 1 aliphatic heterocycles. The molecule has 3 rings (SSSR count). The van der Waals surface area contributed by atoms with E-state index in [2.05, 4.69) is 20.6 Å². The van der Waals surface area contributed by atoms with Gasteiger partial charge in [-0.2, -0.15) is 0 Å². The first kappa shape index (κ1) is 26.3. The number of sulfonamides is 1. The summed E-state index contributed by atoms with van der Waals surface area (Å²) in [5, 5.41) is 6.63. The van der Waals surface area contributed by atoms with Crippen LogP contribution in [0.4, 0.5) is 10.2 Å². The second-order valence-corrected chi connectivity index (χ2v) is 9.66. The van der Waals surface area contributed by atoms with E-state index in [4.69, 9.17) is 0 Å². The molecule has 1 aliphatic rings. The largest absolute Gasteiger partial charge is 0.357 e. The summed E-state index contributed by atoms with van der Waals surface area (Å²) in [6, 6.07) is 9.85. The lowest BCUT2D eigenvalue weighted by molar-refractivity contribution is 0.520. The van der Waals surface area contributed by atoms with Crippen molar-refractivity contribution in [3.8, 4) is 0 Å². The molecule has 1 atom stereocenters. The van der Waals surface area contributed by atoms with Crippen molar-refractivity contribution in [1.29, 1.82) is 0 Å². The van der Waals surface area contributed by atoms with Crippen LogP contribution in [0.2, 0.25) is 0 Å². The van der Waals surface area contributed by atoms with E-state index in [0.717, 1.165) is 12.0 Å². The topological polar surface area (TPSA) is 89.9 Å². The fourth-order valence-corrected chi connectivity index (χ4v) is 4.24. The van der Waals surface area contributed by atoms with Crippen LogP contribution in [0.25, 0.3) is 0 Å². The Labute approximate surface area is 206 Å². The highest BCUT2D eigenvalue weighted by Crippen LogP contribution is 2.21. The zero-order chi connectivity index (χ0) is 22.4. The molecule has 0 amide bonds. The lowest BCUT2D eigenvalue weighted by atomic mass is 10.2. The number of aliphatic imine (C=N–C) groups is 1. The van der Waals surface area contributed by atoms with Crippen LogP contribution in [0, 0.1) is 5.82 Å². The molecule has 0 aliphatic carbocycles. The standard InChI is InChI=1S/C21H29FN6O2S.HI/c1-4-23-21(25-14-16-7-9-18(10-8-16)31(29,30)27(2)3)26-17-11-13-28(15-17)20-19(22)6-5-12-24-20;/h5-10,12,17H,4,11,13-15H2,1-3H3,(H2,23,25,26);1H. The molecule has 8 nitrogen and oxygen atoms in total. The molecule has 2 N–H and O–H groups in total. The van der Waals surface area contributed by atoms with Gasteiger partial charge in [0.05, 0.1) is 11.4 Å². The van der Waals surface area contributed by atoms with Crippen molar-refractivity contribution in [2.45, 2.75) is 30.8 Å². The molecule has 0 spiro atoms. The van der Waals surface area contributed by atoms with Crippen molar-refractivity contribution in [3.63, 3.8) is 0 Å². The Balaban J connectivity index is 0.00000363. The van der Waals surface area contributed by atoms with Gasteiger partial charge in [-0.15, -0.1) is 24.0 Å². The molecule has 11 heteroatoms. The minimum atomic E-state index is -3.44. The van der Waals surface area contributed by atoms with Gasteiger partial charge in [-0.05, 0) is 43.2 Å². The number of nitrogens with zero attached hydrogens (tertiary/aromatic N) is 4. The molecule has 176 valence electrons. The summed E-state index contributed by atoms with van der Waals surface area (Å²) in [7, 11) is -0.428. The number of anilines is 1. The lowest BCUT2D eigenvalue weighted by Crippen LogP contribution is -2.44. The molecule has 1 saturated heterocycles. The lowest BCUT2D eigenvalue weighted by Gasteiger charge is -2.20. The first-order valence-electron chi connectivity index (χ1n) is 10.2. The Morgan fingerprint density at radius 3 is 2.62 bits per heavy atom. The molecular weight excluding hydrogens is 546 g/mol. The molecule has 0 radical (unpaired) electrons. The summed E-state index contributed by atoms with van der Waals surface area (Å²) in [5.41, 5.74) is 0.901. The molecule has 2 heterocycles. The predicted octanol–water partition coefficient (Wildman–Crippen LogP) is 2.42. The van der Waals surface area contributed by atoms with Gasteiger partial charge in [0.15, 0.2) is 17.6 Å². The van der Waals surface area contributed by atoms with Crippen LogP contribution in [0.5, 0.6) is 0 Å². The van der Waals surface area contributed by atoms with Crippen LogP contribution in [-0.4, -0.2) is 63.4 Å². The number of aromatic nitrogens is 1. The number of rotatable bonds is 7. The molecule has 1 unspecified atom stereocenters. The van der Waals surface area contributed by atoms with Gasteiger partial charge in [-0.3, -0.25) is 0 Å². The van der Waals surface area contributed by atoms with Gasteiger partial charge in [0.2, 0.25) is 10.0 Å². The Hall–Kier alpha value is -1.99. The third-order valence-corrected chi connectivity index (χ3v) is 6.86. The Bertz CT molecular complexity index is 1020. The molecule has 2 aromatic rings. The van der Waals surface area contributed by atoms with Crippen LogP contribution in [0.15, 0.2) is 52.5 Å². The maximum absolute atomic E-state index is 14.0. The van der Waals surface area contributed by atoms with Crippen molar-refractivity contribution in [1.82, 2.24) is 19.9 Å². The first-order chi connectivity index (χ1) is 14.8. The summed E-state index contributed by atoms with van der Waals surface area (Å²) in [5.74, 6) is 0.728. The predicted molar refractivity (Wildman–Crippen MR) is 135 cm³/mol. The minimum Gasteiger partial charge on any atom is -0.357 e. The number of hydrogen-bond donors (Lipinski definition) is 2. The van der Waals surface area contributed by atoms with E-state index in [9.17, 15) is 12.8 Å². The van der Waals surface area contributed by atoms with Gasteiger partial charge >= 0.3 is 0 Å². The fraction of sp³-hybridized carbons (Fsp3) is 0.429. The van der Waals surface area contributed by atoms with Crippen LogP contribution < -0.4 is 15.5 Å². The van der Waals surface area contributed by atoms with Gasteiger partial charge in [0.25, 0.3) is 0 Å². The molecule has 1 aromatic heterocycles. The van der Waals surface area contributed by atoms with E-state index in [0.29, 0.717) is 38.0 Å². The molecule has 0 saturated carbocycles. The number of hydrogen-bond acceptors (Lipinski definition) is 5. The summed E-state index contributed by atoms with van der Waals surface area (Å²) in [6.07, 6.45) is 2.44. The summed E-state index contributed by atoms with van der Waals surface area (Å²) in [4.78, 5) is 11.0. The Kier molecular flexibility index (Phi) is 9.64. The van der Waals surface area contributed by atoms with E-state index in [1.54, 1.807) is 36.5 Å². The number of nitrogens with one attached hydrogen (secondary N) is 2. The quantitative estimate of drug-likeness (QED) is 0.299. The Morgan fingerprint density at radius 2 is 2.00 bits per heavy atom. The first-order valence-corrected chi connectivity index (χ1v) is 11.7. The van der Waals surface area contributed by atoms with E-state index < -0.39 is 10.0 Å². The highest BCUT2D eigenvalue weighted by molar-refractivity contribution is 14.0. The van der Waals surface area contributed by atoms with Crippen molar-refractivity contribution in [3.05, 3.63) is 54.0 Å². The number of halogens is 2. The molecule has 32 heavy (non-hydrogen) atoms. The smallest absolute Gasteiger partial charge is 0.242 e. The highest BCUT2D eigenvalue weighted by atomic mass is 127. The zero-order valence-electron chi connectivity index (χ0n) is 18.5. The molecule has 0 bridgehead atoms. The van der Waals surface area contributed by atoms with Crippen molar-refractivity contribution < 1.29 is 12.8 Å². The number of benzene rings is 1. The van der Waals surface area contributed by atoms with E-state index in [1.165, 1.54) is 24.5 Å². The van der Waals surface area contributed by atoms with E-state index in [-0.39, 0.29) is 40.7 Å². The van der Waals surface area contributed by atoms with Crippen LogP contribution >= 0.6 is 24.0 Å². The summed E-state index contributed by atoms with van der Waals surface area (Å²) >= 11 is 0.